The summed E-state index contributed by atoms with van der Waals surface area (Å²) in [7, 11) is -3.63. The maximum Gasteiger partial charge on any atom is 0.417 e. The molecule has 1 fully saturated rings. The molecule has 0 saturated carbocycles. The maximum atomic E-state index is 13.2. The lowest BCUT2D eigenvalue weighted by Crippen LogP contribution is -2.54. The highest BCUT2D eigenvalue weighted by Crippen LogP contribution is 2.31. The van der Waals surface area contributed by atoms with Gasteiger partial charge in [-0.2, -0.15) is 17.5 Å². The normalized spacial score (nSPS) is 20.7. The molecule has 2 aliphatic rings. The highest BCUT2D eigenvalue weighted by Gasteiger charge is 2.35. The van der Waals surface area contributed by atoms with Gasteiger partial charge in [0.05, 0.1) is 10.5 Å². The molecule has 0 amide bonds. The van der Waals surface area contributed by atoms with Crippen LogP contribution in [0, 0.1) is 0 Å². The zero-order chi connectivity index (χ0) is 20.8. The molecule has 5 nitrogen and oxygen atoms in total. The van der Waals surface area contributed by atoms with Gasteiger partial charge in [0, 0.05) is 31.9 Å². The smallest absolute Gasteiger partial charge is 0.354 e. The molecule has 1 aromatic carbocycles. The van der Waals surface area contributed by atoms with Crippen LogP contribution in [0.3, 0.4) is 0 Å². The minimum absolute atomic E-state index is 0.253. The zero-order valence-electron chi connectivity index (χ0n) is 16.0. The topological polar surface area (TPSA) is 53.5 Å². The van der Waals surface area contributed by atoms with E-state index in [4.69, 9.17) is 0 Å². The van der Waals surface area contributed by atoms with Gasteiger partial charge in [-0.1, -0.05) is 6.07 Å². The molecule has 0 spiro atoms. The van der Waals surface area contributed by atoms with Gasteiger partial charge in [0.1, 0.15) is 5.82 Å². The number of aromatic nitrogens is 1. The Labute approximate surface area is 168 Å². The van der Waals surface area contributed by atoms with Gasteiger partial charge in [0.25, 0.3) is 0 Å². The van der Waals surface area contributed by atoms with Crippen LogP contribution in [0.5, 0.6) is 0 Å². The lowest BCUT2D eigenvalue weighted by Gasteiger charge is -2.39. The van der Waals surface area contributed by atoms with Crippen LogP contribution in [0.1, 0.15) is 30.0 Å². The van der Waals surface area contributed by atoms with Gasteiger partial charge >= 0.3 is 6.18 Å². The summed E-state index contributed by atoms with van der Waals surface area (Å²) >= 11 is 0. The van der Waals surface area contributed by atoms with Gasteiger partial charge in [-0.25, -0.2) is 13.4 Å². The third-order valence-corrected chi connectivity index (χ3v) is 7.65. The Morgan fingerprint density at radius 2 is 1.83 bits per heavy atom. The van der Waals surface area contributed by atoms with Crippen LogP contribution >= 0.6 is 0 Å². The average molecular weight is 425 g/mol. The second kappa shape index (κ2) is 7.28. The molecule has 1 aliphatic carbocycles. The molecule has 1 saturated heterocycles. The lowest BCUT2D eigenvalue weighted by atomic mass is 10.1. The highest BCUT2D eigenvalue weighted by atomic mass is 32.2. The molecule has 1 aromatic heterocycles. The van der Waals surface area contributed by atoms with Crippen LogP contribution in [0.15, 0.2) is 41.4 Å². The average Bonchev–Trinajstić information content (AvgIpc) is 3.15. The fraction of sp³-hybridized carbons (Fsp3) is 0.450. The molecule has 156 valence electrons. The number of hydrogen-bond acceptors (Lipinski definition) is 4. The number of halogens is 3. The number of benzene rings is 1. The van der Waals surface area contributed by atoms with E-state index in [0.29, 0.717) is 23.8 Å². The first-order valence-electron chi connectivity index (χ1n) is 9.58. The lowest BCUT2D eigenvalue weighted by molar-refractivity contribution is -0.137. The van der Waals surface area contributed by atoms with Crippen molar-refractivity contribution in [1.82, 2.24) is 9.29 Å². The Hall–Kier alpha value is -2.13. The van der Waals surface area contributed by atoms with Crippen molar-refractivity contribution in [2.45, 2.75) is 43.3 Å². The SMILES string of the molecule is C[C@@H]1CN(c2ccc(C(F)(F)F)cn2)CCN1S(=O)(=O)c1ccc2c(c1)CCC2. The van der Waals surface area contributed by atoms with Crippen molar-refractivity contribution in [1.29, 1.82) is 0 Å². The van der Waals surface area contributed by atoms with E-state index >= 15 is 0 Å². The fourth-order valence-corrected chi connectivity index (χ4v) is 5.76. The number of hydrogen-bond donors (Lipinski definition) is 0. The molecule has 2 heterocycles. The number of aryl methyl sites for hydroxylation is 2. The Morgan fingerprint density at radius 3 is 2.48 bits per heavy atom. The molecule has 4 rings (SSSR count). The van der Waals surface area contributed by atoms with E-state index in [-0.39, 0.29) is 12.6 Å². The van der Waals surface area contributed by atoms with Crippen molar-refractivity contribution in [2.75, 3.05) is 24.5 Å². The number of fused-ring (bicyclic) bond motifs is 1. The molecule has 0 bridgehead atoms. The first-order valence-corrected chi connectivity index (χ1v) is 11.0. The van der Waals surface area contributed by atoms with E-state index < -0.39 is 21.8 Å². The van der Waals surface area contributed by atoms with Crippen LogP contribution in [0.25, 0.3) is 0 Å². The second-order valence-corrected chi connectivity index (χ2v) is 9.49. The number of nitrogens with zero attached hydrogens (tertiary/aromatic N) is 3. The molecular weight excluding hydrogens is 403 g/mol. The third-order valence-electron chi connectivity index (χ3n) is 5.64. The quantitative estimate of drug-likeness (QED) is 0.756. The summed E-state index contributed by atoms with van der Waals surface area (Å²) < 4.78 is 66.0. The minimum atomic E-state index is -4.43. The van der Waals surface area contributed by atoms with Crippen LogP contribution in [-0.2, 0) is 29.0 Å². The van der Waals surface area contributed by atoms with Crippen molar-refractivity contribution in [3.8, 4) is 0 Å². The molecular formula is C20H22F3N3O2S. The van der Waals surface area contributed by atoms with Gasteiger partial charge < -0.3 is 4.90 Å². The van der Waals surface area contributed by atoms with Crippen LogP contribution < -0.4 is 4.90 Å². The summed E-state index contributed by atoms with van der Waals surface area (Å²) in [6.45, 7) is 2.79. The maximum absolute atomic E-state index is 13.2. The fourth-order valence-electron chi connectivity index (χ4n) is 4.09. The number of sulfonamides is 1. The molecule has 0 radical (unpaired) electrons. The molecule has 1 aliphatic heterocycles. The summed E-state index contributed by atoms with van der Waals surface area (Å²) in [5.41, 5.74) is 1.52. The Balaban J connectivity index is 1.50. The molecule has 9 heteroatoms. The first-order chi connectivity index (χ1) is 13.7. The number of piperazine rings is 1. The predicted octanol–water partition coefficient (Wildman–Crippen LogP) is 3.49. The van der Waals surface area contributed by atoms with Crippen LogP contribution in [-0.4, -0.2) is 43.4 Å². The van der Waals surface area contributed by atoms with E-state index in [1.165, 1.54) is 15.9 Å². The largest absolute Gasteiger partial charge is 0.417 e. The number of pyridine rings is 1. The Bertz CT molecular complexity index is 1010. The van der Waals surface area contributed by atoms with Crippen molar-refractivity contribution in [3.63, 3.8) is 0 Å². The standard InChI is InChI=1S/C20H22F3N3O2S/c1-14-13-25(19-8-6-17(12-24-19)20(21,22)23)9-10-26(14)29(27,28)18-7-5-15-3-2-4-16(15)11-18/h5-8,11-12,14H,2-4,9-10,13H2,1H3/t14-/m1/s1. The predicted molar refractivity (Wildman–Crippen MR) is 103 cm³/mol. The molecule has 0 unspecified atom stereocenters. The Kier molecular flexibility index (Phi) is 5.06. The molecule has 1 atom stereocenters. The van der Waals surface area contributed by atoms with Gasteiger partial charge in [0.2, 0.25) is 10.0 Å². The monoisotopic (exact) mass is 425 g/mol. The minimum Gasteiger partial charge on any atom is -0.354 e. The van der Waals surface area contributed by atoms with Crippen LogP contribution in [0.4, 0.5) is 19.0 Å². The van der Waals surface area contributed by atoms with Crippen molar-refractivity contribution in [2.24, 2.45) is 0 Å². The summed E-state index contributed by atoms with van der Waals surface area (Å²) in [5.74, 6) is 0.416. The zero-order valence-corrected chi connectivity index (χ0v) is 16.8. The number of rotatable bonds is 3. The van der Waals surface area contributed by atoms with Crippen molar-refractivity contribution < 1.29 is 21.6 Å². The second-order valence-electron chi connectivity index (χ2n) is 7.60. The summed E-state index contributed by atoms with van der Waals surface area (Å²) in [4.78, 5) is 6.06. The molecule has 2 aromatic rings. The van der Waals surface area contributed by atoms with E-state index in [2.05, 4.69) is 4.98 Å². The van der Waals surface area contributed by atoms with E-state index in [1.54, 1.807) is 19.1 Å². The molecule has 29 heavy (non-hydrogen) atoms. The van der Waals surface area contributed by atoms with Gasteiger partial charge in [-0.3, -0.25) is 0 Å². The van der Waals surface area contributed by atoms with Gasteiger partial charge in [0.15, 0.2) is 0 Å². The summed E-state index contributed by atoms with van der Waals surface area (Å²) in [6, 6.07) is 7.37. The van der Waals surface area contributed by atoms with Crippen molar-refractivity contribution in [3.05, 3.63) is 53.2 Å². The first kappa shape index (κ1) is 20.2. The van der Waals surface area contributed by atoms with Crippen LogP contribution in [0.2, 0.25) is 0 Å². The van der Waals surface area contributed by atoms with Crippen molar-refractivity contribution >= 4 is 15.8 Å². The van der Waals surface area contributed by atoms with E-state index in [0.717, 1.165) is 37.1 Å². The van der Waals surface area contributed by atoms with Gasteiger partial charge in [-0.15, -0.1) is 0 Å². The van der Waals surface area contributed by atoms with E-state index in [1.807, 2.05) is 11.0 Å². The third kappa shape index (κ3) is 3.85. The Morgan fingerprint density at radius 1 is 1.07 bits per heavy atom. The highest BCUT2D eigenvalue weighted by molar-refractivity contribution is 7.89. The van der Waals surface area contributed by atoms with Gasteiger partial charge in [-0.05, 0) is 61.6 Å². The molecule has 0 N–H and O–H groups in total. The number of alkyl halides is 3. The number of anilines is 1. The van der Waals surface area contributed by atoms with E-state index in [9.17, 15) is 21.6 Å². The summed E-state index contributed by atoms with van der Waals surface area (Å²) in [6.07, 6.45) is -0.671. The summed E-state index contributed by atoms with van der Waals surface area (Å²) in [5, 5.41) is 0.